The minimum Gasteiger partial charge on any atom is -0.493 e. The summed E-state index contributed by atoms with van der Waals surface area (Å²) in [5.74, 6) is 3.95. The van der Waals surface area contributed by atoms with Crippen LogP contribution >= 0.6 is 0 Å². The number of hydrogen-bond acceptors (Lipinski definition) is 5. The van der Waals surface area contributed by atoms with Crippen molar-refractivity contribution in [3.05, 3.63) is 23.3 Å². The van der Waals surface area contributed by atoms with Gasteiger partial charge in [0, 0.05) is 43.0 Å². The van der Waals surface area contributed by atoms with E-state index in [2.05, 4.69) is 21.9 Å². The van der Waals surface area contributed by atoms with E-state index in [1.807, 2.05) is 7.05 Å². The number of nitrogens with zero attached hydrogens (tertiary/aromatic N) is 2. The molecule has 2 unspecified atom stereocenters. The summed E-state index contributed by atoms with van der Waals surface area (Å²) < 4.78 is 12.8. The molecule has 6 nitrogen and oxygen atoms in total. The number of benzene rings is 1. The van der Waals surface area contributed by atoms with E-state index in [1.165, 1.54) is 56.1 Å². The zero-order valence-electron chi connectivity index (χ0n) is 24.1. The Morgan fingerprint density at radius 3 is 2.77 bits per heavy atom. The van der Waals surface area contributed by atoms with Gasteiger partial charge in [0.15, 0.2) is 11.5 Å². The lowest BCUT2D eigenvalue weighted by atomic mass is 9.51. The summed E-state index contributed by atoms with van der Waals surface area (Å²) in [5.41, 5.74) is 2.77. The Morgan fingerprint density at radius 1 is 1.18 bits per heavy atom. The lowest BCUT2D eigenvalue weighted by molar-refractivity contribution is -0.140. The van der Waals surface area contributed by atoms with Crippen molar-refractivity contribution in [2.24, 2.45) is 17.8 Å². The summed E-state index contributed by atoms with van der Waals surface area (Å²) >= 11 is 0. The van der Waals surface area contributed by atoms with Gasteiger partial charge in [0.1, 0.15) is 6.10 Å². The van der Waals surface area contributed by atoms with Gasteiger partial charge in [-0.05, 0) is 68.5 Å². The third kappa shape index (κ3) is 4.31. The number of rotatable bonds is 9. The SMILES string of the molecule is COc1ccc2c3c1O[C@H]1[C@H](N(C)C(=O)CCCCC4CCCCC4)CC[C@H]4[C@@H](C2)N(CC2CC2O)CC[C@@]341. The van der Waals surface area contributed by atoms with Crippen LogP contribution in [0.5, 0.6) is 11.5 Å². The van der Waals surface area contributed by atoms with Gasteiger partial charge in [-0.3, -0.25) is 9.69 Å². The van der Waals surface area contributed by atoms with Crippen LogP contribution in [0.3, 0.4) is 0 Å². The van der Waals surface area contributed by atoms with Gasteiger partial charge in [0.2, 0.25) is 5.91 Å². The Labute approximate surface area is 234 Å². The average molecular weight is 537 g/mol. The van der Waals surface area contributed by atoms with Crippen LogP contribution in [0.4, 0.5) is 0 Å². The van der Waals surface area contributed by atoms with Gasteiger partial charge in [0.25, 0.3) is 0 Å². The Bertz CT molecular complexity index is 1090. The number of carbonyl (C=O) groups excluding carboxylic acids is 1. The molecule has 0 radical (unpaired) electrons. The molecule has 1 amide bonds. The van der Waals surface area contributed by atoms with E-state index < -0.39 is 0 Å². The lowest BCUT2D eigenvalue weighted by Crippen LogP contribution is -2.69. The molecule has 4 aliphatic carbocycles. The van der Waals surface area contributed by atoms with Crippen molar-refractivity contribution >= 4 is 5.91 Å². The van der Waals surface area contributed by atoms with Crippen molar-refractivity contribution < 1.29 is 19.4 Å². The number of aliphatic hydroxyl groups excluding tert-OH is 1. The van der Waals surface area contributed by atoms with Crippen molar-refractivity contribution in [1.29, 1.82) is 0 Å². The Morgan fingerprint density at radius 2 is 2.00 bits per heavy atom. The monoisotopic (exact) mass is 536 g/mol. The molecule has 1 N–H and O–H groups in total. The number of unbranched alkanes of at least 4 members (excludes halogenated alkanes) is 1. The fourth-order valence-electron chi connectivity index (χ4n) is 9.65. The van der Waals surface area contributed by atoms with E-state index in [1.54, 1.807) is 7.11 Å². The van der Waals surface area contributed by atoms with Crippen molar-refractivity contribution in [3.8, 4) is 11.5 Å². The number of ether oxygens (including phenoxy) is 2. The molecule has 2 bridgehead atoms. The topological polar surface area (TPSA) is 62.2 Å². The quantitative estimate of drug-likeness (QED) is 0.446. The van der Waals surface area contributed by atoms with E-state index in [0.717, 1.165) is 69.0 Å². The molecule has 0 aromatic heterocycles. The third-order valence-corrected chi connectivity index (χ3v) is 11.8. The number of methoxy groups -OCH3 is 1. The highest BCUT2D eigenvalue weighted by molar-refractivity contribution is 5.76. The molecule has 39 heavy (non-hydrogen) atoms. The first-order chi connectivity index (χ1) is 19.0. The van der Waals surface area contributed by atoms with Crippen LogP contribution in [-0.2, 0) is 16.6 Å². The first-order valence-electron chi connectivity index (χ1n) is 16.1. The van der Waals surface area contributed by atoms with E-state index >= 15 is 0 Å². The van der Waals surface area contributed by atoms with Crippen molar-refractivity contribution in [2.75, 3.05) is 27.2 Å². The molecular weight excluding hydrogens is 488 g/mol. The number of carbonyl (C=O) groups is 1. The summed E-state index contributed by atoms with van der Waals surface area (Å²) in [6.07, 6.45) is 16.2. The highest BCUT2D eigenvalue weighted by Gasteiger charge is 2.66. The van der Waals surface area contributed by atoms with Crippen LogP contribution in [0.15, 0.2) is 12.1 Å². The van der Waals surface area contributed by atoms with Crippen LogP contribution < -0.4 is 9.47 Å². The number of aliphatic hydroxyl groups is 1. The highest BCUT2D eigenvalue weighted by Crippen LogP contribution is 2.64. The highest BCUT2D eigenvalue weighted by atomic mass is 16.5. The van der Waals surface area contributed by atoms with Crippen molar-refractivity contribution in [1.82, 2.24) is 9.80 Å². The van der Waals surface area contributed by atoms with E-state index in [9.17, 15) is 9.90 Å². The molecule has 214 valence electrons. The number of hydrogen-bond donors (Lipinski definition) is 1. The van der Waals surface area contributed by atoms with Crippen molar-refractivity contribution in [3.63, 3.8) is 0 Å². The standard InChI is InChI=1S/C33H48N2O4/c1-34(29(37)11-7-6-10-21-8-4-3-5-9-21)25-14-13-24-26-18-22-12-15-28(38-2)31-30(22)33(24,32(25)39-31)16-17-35(26)20-23-19-27(23)36/h12,15,21,23-27,32,36H,3-11,13-14,16-20H2,1-2H3/t23?,24-,25+,26+,27?,32-,33-/m0/s1. The summed E-state index contributed by atoms with van der Waals surface area (Å²) in [6, 6.07) is 4.96. The van der Waals surface area contributed by atoms with Crippen molar-refractivity contribution in [2.45, 2.75) is 120 Å². The average Bonchev–Trinajstić information content (AvgIpc) is 3.54. The largest absolute Gasteiger partial charge is 0.493 e. The Hall–Kier alpha value is -1.79. The first-order valence-corrected chi connectivity index (χ1v) is 16.1. The fraction of sp³-hybridized carbons (Fsp3) is 0.788. The summed E-state index contributed by atoms with van der Waals surface area (Å²) in [4.78, 5) is 18.3. The molecule has 1 aromatic rings. The van der Waals surface area contributed by atoms with Gasteiger partial charge in [-0.25, -0.2) is 0 Å². The Kier molecular flexibility index (Phi) is 6.86. The van der Waals surface area contributed by atoms with Crippen LogP contribution in [-0.4, -0.2) is 72.4 Å². The zero-order chi connectivity index (χ0) is 26.7. The number of likely N-dealkylation sites (N-methyl/N-ethyl adjacent to an activating group) is 1. The molecule has 2 aliphatic heterocycles. The minimum atomic E-state index is -0.103. The summed E-state index contributed by atoms with van der Waals surface area (Å²) in [6.45, 7) is 2.07. The molecule has 7 rings (SSSR count). The minimum absolute atomic E-state index is 0.00560. The van der Waals surface area contributed by atoms with E-state index in [0.29, 0.717) is 24.3 Å². The fourth-order valence-corrected chi connectivity index (χ4v) is 9.65. The maximum atomic E-state index is 13.5. The molecule has 3 saturated carbocycles. The lowest BCUT2D eigenvalue weighted by Gasteiger charge is -2.60. The predicted molar refractivity (Wildman–Crippen MR) is 151 cm³/mol. The molecule has 7 atom stereocenters. The second-order valence-electron chi connectivity index (χ2n) is 13.8. The summed E-state index contributed by atoms with van der Waals surface area (Å²) in [5, 5.41) is 10.1. The van der Waals surface area contributed by atoms with Gasteiger partial charge in [0.05, 0.1) is 19.3 Å². The number of piperidine rings is 1. The normalized spacial score (nSPS) is 36.7. The second kappa shape index (κ2) is 10.2. The molecule has 2 heterocycles. The predicted octanol–water partition coefficient (Wildman–Crippen LogP) is 5.08. The van der Waals surface area contributed by atoms with Gasteiger partial charge in [-0.2, -0.15) is 0 Å². The first kappa shape index (κ1) is 26.1. The number of amides is 1. The van der Waals surface area contributed by atoms with Gasteiger partial charge in [-0.1, -0.05) is 51.0 Å². The van der Waals surface area contributed by atoms with Gasteiger partial charge < -0.3 is 19.5 Å². The van der Waals surface area contributed by atoms with E-state index in [4.69, 9.17) is 9.47 Å². The van der Waals surface area contributed by atoms with Gasteiger partial charge >= 0.3 is 0 Å². The third-order valence-electron chi connectivity index (χ3n) is 11.8. The molecule has 4 fully saturated rings. The van der Waals surface area contributed by atoms with E-state index in [-0.39, 0.29) is 29.6 Å². The summed E-state index contributed by atoms with van der Waals surface area (Å²) in [7, 11) is 3.79. The molecule has 1 aromatic carbocycles. The molecule has 6 heteroatoms. The molecule has 6 aliphatic rings. The van der Waals surface area contributed by atoms with Crippen LogP contribution in [0.1, 0.15) is 94.6 Å². The maximum absolute atomic E-state index is 13.5. The van der Waals surface area contributed by atoms with Crippen LogP contribution in [0, 0.1) is 17.8 Å². The maximum Gasteiger partial charge on any atom is 0.222 e. The number of likely N-dealkylation sites (tertiary alicyclic amines) is 1. The zero-order valence-corrected chi connectivity index (χ0v) is 24.1. The Balaban J connectivity index is 1.10. The smallest absolute Gasteiger partial charge is 0.222 e. The molecular formula is C33H48N2O4. The molecule has 1 saturated heterocycles. The second-order valence-corrected chi connectivity index (χ2v) is 13.8. The van der Waals surface area contributed by atoms with Gasteiger partial charge in [-0.15, -0.1) is 0 Å². The van der Waals surface area contributed by atoms with Crippen LogP contribution in [0.2, 0.25) is 0 Å². The molecule has 1 spiro atoms. The van der Waals surface area contributed by atoms with Crippen LogP contribution in [0.25, 0.3) is 0 Å².